The van der Waals surface area contributed by atoms with Gasteiger partial charge >= 0.3 is 0 Å². The van der Waals surface area contributed by atoms with Crippen molar-refractivity contribution >= 4 is 17.5 Å². The van der Waals surface area contributed by atoms with E-state index in [-0.39, 0.29) is 11.8 Å². The van der Waals surface area contributed by atoms with Gasteiger partial charge in [0, 0.05) is 30.4 Å². The van der Waals surface area contributed by atoms with Gasteiger partial charge in [0.05, 0.1) is 0 Å². The van der Waals surface area contributed by atoms with Crippen LogP contribution in [0.15, 0.2) is 36.5 Å². The average molecular weight is 264 g/mol. The zero-order chi connectivity index (χ0) is 12.8. The van der Waals surface area contributed by atoms with E-state index in [0.717, 1.165) is 17.1 Å². The van der Waals surface area contributed by atoms with Crippen molar-refractivity contribution in [3.63, 3.8) is 0 Å². The smallest absolute Gasteiger partial charge is 0.234 e. The summed E-state index contributed by atoms with van der Waals surface area (Å²) in [5, 5.41) is 2.71. The van der Waals surface area contributed by atoms with Gasteiger partial charge in [-0.25, -0.2) is 4.98 Å². The summed E-state index contributed by atoms with van der Waals surface area (Å²) in [5.41, 5.74) is 2.04. The molecule has 0 saturated heterocycles. The fourth-order valence-electron chi connectivity index (χ4n) is 1.61. The molecular weight excluding hydrogens is 250 g/mol. The van der Waals surface area contributed by atoms with Gasteiger partial charge in [-0.15, -0.1) is 11.6 Å². The maximum atomic E-state index is 11.0. The molecule has 2 N–H and O–H groups in total. The molecule has 2 rings (SSSR count). The van der Waals surface area contributed by atoms with Crippen molar-refractivity contribution in [2.75, 3.05) is 12.4 Å². The lowest BCUT2D eigenvalue weighted by Gasteiger charge is -2.00. The van der Waals surface area contributed by atoms with E-state index >= 15 is 0 Å². The Morgan fingerprint density at radius 2 is 2.11 bits per heavy atom. The Balaban J connectivity index is 1.93. The van der Waals surface area contributed by atoms with Gasteiger partial charge in [0.25, 0.3) is 0 Å². The van der Waals surface area contributed by atoms with Gasteiger partial charge in [0.2, 0.25) is 5.91 Å². The number of hydrogen-bond donors (Lipinski definition) is 2. The second-order valence-electron chi connectivity index (χ2n) is 3.86. The summed E-state index contributed by atoms with van der Waals surface area (Å²) in [7, 11) is 0. The van der Waals surface area contributed by atoms with Crippen LogP contribution in [0.2, 0.25) is 0 Å². The summed E-state index contributed by atoms with van der Waals surface area (Å²) in [6.45, 7) is 0.558. The monoisotopic (exact) mass is 263 g/mol. The standard InChI is InChI=1S/C13H14ClN3O/c14-8-12(18)15-7-6-11-9-16-13(17-11)10-4-2-1-3-5-10/h1-5,9H,6-8H2,(H,15,18)(H,16,17). The van der Waals surface area contributed by atoms with Crippen LogP contribution in [0.3, 0.4) is 0 Å². The highest BCUT2D eigenvalue weighted by Crippen LogP contribution is 2.14. The molecule has 2 aromatic rings. The third kappa shape index (κ3) is 3.34. The van der Waals surface area contributed by atoms with Crippen molar-refractivity contribution < 1.29 is 4.79 Å². The third-order valence-corrected chi connectivity index (χ3v) is 2.76. The predicted octanol–water partition coefficient (Wildman–Crippen LogP) is 1.97. The molecule has 18 heavy (non-hydrogen) atoms. The van der Waals surface area contributed by atoms with Crippen LogP contribution in [-0.4, -0.2) is 28.3 Å². The number of nitrogens with one attached hydrogen (secondary N) is 2. The Morgan fingerprint density at radius 3 is 2.83 bits per heavy atom. The van der Waals surface area contributed by atoms with E-state index in [1.807, 2.05) is 30.3 Å². The van der Waals surface area contributed by atoms with Crippen molar-refractivity contribution in [1.82, 2.24) is 15.3 Å². The fraction of sp³-hybridized carbons (Fsp3) is 0.231. The summed E-state index contributed by atoms with van der Waals surface area (Å²) in [6.07, 6.45) is 2.50. The van der Waals surface area contributed by atoms with Gasteiger partial charge in [-0.05, 0) is 0 Å². The predicted molar refractivity (Wildman–Crippen MR) is 71.5 cm³/mol. The number of carbonyl (C=O) groups is 1. The van der Waals surface area contributed by atoms with Gasteiger partial charge in [-0.3, -0.25) is 4.79 Å². The minimum absolute atomic E-state index is 0.00174. The molecule has 0 fully saturated rings. The summed E-state index contributed by atoms with van der Waals surface area (Å²) in [4.78, 5) is 18.5. The average Bonchev–Trinajstić information content (AvgIpc) is 2.88. The molecule has 0 spiro atoms. The van der Waals surface area contributed by atoms with Crippen LogP contribution in [-0.2, 0) is 11.2 Å². The number of benzene rings is 1. The van der Waals surface area contributed by atoms with Crippen LogP contribution in [0.1, 0.15) is 5.69 Å². The summed E-state index contributed by atoms with van der Waals surface area (Å²) >= 11 is 5.39. The molecule has 0 bridgehead atoms. The van der Waals surface area contributed by atoms with Crippen LogP contribution in [0.25, 0.3) is 11.4 Å². The van der Waals surface area contributed by atoms with Crippen LogP contribution < -0.4 is 5.32 Å². The van der Waals surface area contributed by atoms with Crippen molar-refractivity contribution in [2.45, 2.75) is 6.42 Å². The molecule has 1 amide bonds. The first-order valence-corrected chi connectivity index (χ1v) is 6.25. The quantitative estimate of drug-likeness (QED) is 0.811. The molecule has 0 unspecified atom stereocenters. The number of halogens is 1. The third-order valence-electron chi connectivity index (χ3n) is 2.51. The fourth-order valence-corrected chi connectivity index (χ4v) is 1.71. The van der Waals surface area contributed by atoms with Crippen LogP contribution in [0, 0.1) is 0 Å². The van der Waals surface area contributed by atoms with E-state index in [1.54, 1.807) is 6.20 Å². The largest absolute Gasteiger partial charge is 0.355 e. The van der Waals surface area contributed by atoms with Gasteiger partial charge < -0.3 is 10.3 Å². The second-order valence-corrected chi connectivity index (χ2v) is 4.12. The first kappa shape index (κ1) is 12.6. The Kier molecular flexibility index (Phi) is 4.36. The van der Waals surface area contributed by atoms with E-state index < -0.39 is 0 Å². The number of H-pyrrole nitrogens is 1. The molecule has 1 aromatic heterocycles. The summed E-state index contributed by atoms with van der Waals surface area (Å²) in [5.74, 6) is 0.687. The molecule has 0 atom stereocenters. The van der Waals surface area contributed by atoms with Crippen LogP contribution in [0.4, 0.5) is 0 Å². The second kappa shape index (κ2) is 6.21. The maximum Gasteiger partial charge on any atom is 0.234 e. The van der Waals surface area contributed by atoms with Gasteiger partial charge in [-0.2, -0.15) is 0 Å². The molecule has 0 saturated carbocycles. The molecule has 4 nitrogen and oxygen atoms in total. The summed E-state index contributed by atoms with van der Waals surface area (Å²) < 4.78 is 0. The SMILES string of the molecule is O=C(CCl)NCCc1cnc(-c2ccccc2)[nH]1. The van der Waals surface area contributed by atoms with Crippen molar-refractivity contribution in [2.24, 2.45) is 0 Å². The highest BCUT2D eigenvalue weighted by Gasteiger charge is 2.03. The number of hydrogen-bond acceptors (Lipinski definition) is 2. The minimum atomic E-state index is -0.153. The van der Waals surface area contributed by atoms with Crippen molar-refractivity contribution in [3.05, 3.63) is 42.2 Å². The number of imidazole rings is 1. The molecule has 1 aromatic carbocycles. The number of rotatable bonds is 5. The number of aromatic amines is 1. The van der Waals surface area contributed by atoms with E-state index in [9.17, 15) is 4.79 Å². The van der Waals surface area contributed by atoms with Crippen LogP contribution >= 0.6 is 11.6 Å². The van der Waals surface area contributed by atoms with E-state index in [0.29, 0.717) is 13.0 Å². The normalized spacial score (nSPS) is 10.3. The van der Waals surface area contributed by atoms with Gasteiger partial charge in [0.1, 0.15) is 11.7 Å². The molecule has 0 radical (unpaired) electrons. The molecular formula is C13H14ClN3O. The molecule has 0 aliphatic heterocycles. The molecule has 0 aliphatic rings. The zero-order valence-corrected chi connectivity index (χ0v) is 10.6. The van der Waals surface area contributed by atoms with Crippen LogP contribution in [0.5, 0.6) is 0 Å². The van der Waals surface area contributed by atoms with E-state index in [2.05, 4.69) is 15.3 Å². The first-order chi connectivity index (χ1) is 8.79. The topological polar surface area (TPSA) is 57.8 Å². The number of aromatic nitrogens is 2. The number of carbonyl (C=O) groups excluding carboxylic acids is 1. The lowest BCUT2D eigenvalue weighted by molar-refractivity contribution is -0.118. The first-order valence-electron chi connectivity index (χ1n) is 5.71. The van der Waals surface area contributed by atoms with Gasteiger partial charge in [-0.1, -0.05) is 30.3 Å². The van der Waals surface area contributed by atoms with Crippen molar-refractivity contribution in [3.8, 4) is 11.4 Å². The minimum Gasteiger partial charge on any atom is -0.355 e. The lowest BCUT2D eigenvalue weighted by Crippen LogP contribution is -2.26. The van der Waals surface area contributed by atoms with Crippen molar-refractivity contribution in [1.29, 1.82) is 0 Å². The Bertz CT molecular complexity index is 510. The molecule has 1 heterocycles. The number of amides is 1. The molecule has 94 valence electrons. The highest BCUT2D eigenvalue weighted by molar-refractivity contribution is 6.27. The van der Waals surface area contributed by atoms with E-state index in [1.165, 1.54) is 0 Å². The Labute approximate surface area is 110 Å². The number of alkyl halides is 1. The molecule has 0 aliphatic carbocycles. The number of nitrogens with zero attached hydrogens (tertiary/aromatic N) is 1. The zero-order valence-electron chi connectivity index (χ0n) is 9.82. The van der Waals surface area contributed by atoms with Gasteiger partial charge in [0.15, 0.2) is 0 Å². The highest BCUT2D eigenvalue weighted by atomic mass is 35.5. The Hall–Kier alpha value is -1.81. The van der Waals surface area contributed by atoms with E-state index in [4.69, 9.17) is 11.6 Å². The Morgan fingerprint density at radius 1 is 1.33 bits per heavy atom. The maximum absolute atomic E-state index is 11.0. The molecule has 5 heteroatoms. The summed E-state index contributed by atoms with van der Waals surface area (Å²) in [6, 6.07) is 9.90. The lowest BCUT2D eigenvalue weighted by atomic mass is 10.2.